The molecule has 19 heavy (non-hydrogen) atoms. The van der Waals surface area contributed by atoms with Crippen LogP contribution in [-0.4, -0.2) is 43.3 Å². The molecular weight excluding hydrogens is 250 g/mol. The Labute approximate surface area is 110 Å². The van der Waals surface area contributed by atoms with Crippen molar-refractivity contribution >= 4 is 17.6 Å². The van der Waals surface area contributed by atoms with Crippen LogP contribution in [0.5, 0.6) is 5.75 Å². The second kappa shape index (κ2) is 4.46. The molecule has 0 saturated carbocycles. The number of rotatable bonds is 2. The predicted octanol–water partition coefficient (Wildman–Crippen LogP) is 1.15. The Kier molecular flexibility index (Phi) is 3.09. The number of carboxylic acids is 1. The zero-order valence-electron chi connectivity index (χ0n) is 11.0. The predicted molar refractivity (Wildman–Crippen MR) is 67.7 cm³/mol. The Morgan fingerprint density at radius 3 is 2.74 bits per heavy atom. The van der Waals surface area contributed by atoms with Crippen molar-refractivity contribution in [2.75, 3.05) is 25.6 Å². The second-order valence-electron chi connectivity index (χ2n) is 4.67. The Hall–Kier alpha value is -2.24. The molecule has 0 aromatic heterocycles. The number of likely N-dealkylation sites (N-methyl/N-ethyl adjacent to an activating group) is 1. The van der Waals surface area contributed by atoms with Gasteiger partial charge in [-0.25, -0.2) is 9.59 Å². The minimum atomic E-state index is -1.30. The molecule has 0 bridgehead atoms. The van der Waals surface area contributed by atoms with E-state index >= 15 is 0 Å². The maximum absolute atomic E-state index is 11.5. The van der Waals surface area contributed by atoms with Gasteiger partial charge in [-0.1, -0.05) is 0 Å². The summed E-state index contributed by atoms with van der Waals surface area (Å²) in [5.74, 6) is -1.03. The first-order valence-electron chi connectivity index (χ1n) is 5.73. The van der Waals surface area contributed by atoms with Gasteiger partial charge in [0, 0.05) is 7.05 Å². The molecule has 1 unspecified atom stereocenters. The average Bonchev–Trinajstić information content (AvgIpc) is 2.37. The van der Waals surface area contributed by atoms with Crippen LogP contribution in [0.3, 0.4) is 0 Å². The summed E-state index contributed by atoms with van der Waals surface area (Å²) in [5.41, 5.74) is -0.230. The summed E-state index contributed by atoms with van der Waals surface area (Å²) in [6.45, 7) is 1.71. The van der Waals surface area contributed by atoms with Crippen LogP contribution >= 0.6 is 0 Å². The minimum absolute atomic E-state index is 0.194. The van der Waals surface area contributed by atoms with Crippen molar-refractivity contribution in [3.8, 4) is 5.75 Å². The molecule has 6 heteroatoms. The number of aliphatic carboxylic acids is 1. The Bertz CT molecular complexity index is 542. The van der Waals surface area contributed by atoms with Crippen molar-refractivity contribution in [2.45, 2.75) is 12.5 Å². The number of anilines is 1. The Morgan fingerprint density at radius 2 is 2.16 bits per heavy atom. The molecule has 0 radical (unpaired) electrons. The number of carbonyl (C=O) groups excluding carboxylic acids is 1. The van der Waals surface area contributed by atoms with Gasteiger partial charge in [0.2, 0.25) is 5.60 Å². The van der Waals surface area contributed by atoms with Crippen molar-refractivity contribution in [2.24, 2.45) is 0 Å². The van der Waals surface area contributed by atoms with E-state index in [1.807, 2.05) is 0 Å². The highest BCUT2D eigenvalue weighted by Crippen LogP contribution is 2.37. The normalized spacial score (nSPS) is 21.3. The van der Waals surface area contributed by atoms with Crippen molar-refractivity contribution < 1.29 is 24.2 Å². The third kappa shape index (κ3) is 2.21. The molecule has 0 aliphatic carbocycles. The van der Waals surface area contributed by atoms with Gasteiger partial charge in [0.25, 0.3) is 0 Å². The van der Waals surface area contributed by atoms with Crippen LogP contribution in [0.4, 0.5) is 5.69 Å². The number of benzene rings is 1. The molecule has 0 saturated heterocycles. The van der Waals surface area contributed by atoms with Crippen LogP contribution in [-0.2, 0) is 9.53 Å². The lowest BCUT2D eigenvalue weighted by molar-refractivity contribution is -0.153. The van der Waals surface area contributed by atoms with Gasteiger partial charge in [0.05, 0.1) is 24.9 Å². The lowest BCUT2D eigenvalue weighted by Gasteiger charge is -2.38. The third-order valence-corrected chi connectivity index (χ3v) is 3.12. The topological polar surface area (TPSA) is 76.1 Å². The third-order valence-electron chi connectivity index (χ3n) is 3.12. The number of methoxy groups -OCH3 is 1. The molecule has 1 atom stereocenters. The highest BCUT2D eigenvalue weighted by molar-refractivity contribution is 5.91. The van der Waals surface area contributed by atoms with Gasteiger partial charge in [0.1, 0.15) is 5.75 Å². The summed E-state index contributed by atoms with van der Waals surface area (Å²) in [5, 5.41) is 9.20. The van der Waals surface area contributed by atoms with Crippen LogP contribution in [0.25, 0.3) is 0 Å². The maximum Gasteiger partial charge on any atom is 0.349 e. The molecule has 1 aliphatic rings. The molecule has 0 spiro atoms. The molecule has 102 valence electrons. The van der Waals surface area contributed by atoms with Crippen LogP contribution in [0.2, 0.25) is 0 Å². The van der Waals surface area contributed by atoms with Gasteiger partial charge in [-0.2, -0.15) is 0 Å². The van der Waals surface area contributed by atoms with Crippen LogP contribution in [0.15, 0.2) is 18.2 Å². The molecule has 6 nitrogen and oxygen atoms in total. The number of carboxylic acid groups (broad SMARTS) is 1. The Morgan fingerprint density at radius 1 is 1.47 bits per heavy atom. The zero-order chi connectivity index (χ0) is 14.2. The Balaban J connectivity index is 2.41. The second-order valence-corrected chi connectivity index (χ2v) is 4.67. The molecular formula is C13H15NO5. The molecule has 0 amide bonds. The summed E-state index contributed by atoms with van der Waals surface area (Å²) in [6.07, 6.45) is 0. The van der Waals surface area contributed by atoms with Gasteiger partial charge < -0.3 is 19.5 Å². The number of ether oxygens (including phenoxy) is 2. The van der Waals surface area contributed by atoms with Crippen LogP contribution in [0, 0.1) is 0 Å². The first-order chi connectivity index (χ1) is 8.87. The van der Waals surface area contributed by atoms with E-state index in [0.717, 1.165) is 0 Å². The molecule has 2 rings (SSSR count). The van der Waals surface area contributed by atoms with Crippen LogP contribution < -0.4 is 9.64 Å². The number of hydrogen-bond acceptors (Lipinski definition) is 5. The van der Waals surface area contributed by atoms with Crippen LogP contribution in [0.1, 0.15) is 17.3 Å². The number of esters is 1. The number of fused-ring (bicyclic) bond motifs is 1. The number of carbonyl (C=O) groups is 2. The summed E-state index contributed by atoms with van der Waals surface area (Å²) < 4.78 is 10.2. The molecule has 1 heterocycles. The van der Waals surface area contributed by atoms with Gasteiger partial charge in [-0.15, -0.1) is 0 Å². The molecule has 1 aliphatic heterocycles. The van der Waals surface area contributed by atoms with E-state index in [9.17, 15) is 14.7 Å². The fraction of sp³-hybridized carbons (Fsp3) is 0.385. The average molecular weight is 265 g/mol. The van der Waals surface area contributed by atoms with E-state index < -0.39 is 17.5 Å². The van der Waals surface area contributed by atoms with Crippen molar-refractivity contribution in [1.82, 2.24) is 0 Å². The SMILES string of the molecule is COC(=O)c1ccc2c(c1)N(C)CC(C)(C(=O)O)O2. The summed E-state index contributed by atoms with van der Waals surface area (Å²) >= 11 is 0. The standard InChI is InChI=1S/C13H15NO5/c1-13(12(16)17)7-14(2)9-6-8(11(15)18-3)4-5-10(9)19-13/h4-6H,7H2,1-3H3,(H,16,17). The van der Waals surface area contributed by atoms with E-state index in [0.29, 0.717) is 17.0 Å². The minimum Gasteiger partial charge on any atom is -0.478 e. The quantitative estimate of drug-likeness (QED) is 0.808. The first-order valence-corrected chi connectivity index (χ1v) is 5.73. The summed E-state index contributed by atoms with van der Waals surface area (Å²) in [6, 6.07) is 4.76. The van der Waals surface area contributed by atoms with Gasteiger partial charge >= 0.3 is 11.9 Å². The molecule has 1 N–H and O–H groups in total. The summed E-state index contributed by atoms with van der Waals surface area (Å²) in [4.78, 5) is 24.4. The summed E-state index contributed by atoms with van der Waals surface area (Å²) in [7, 11) is 3.06. The van der Waals surface area contributed by atoms with Crippen molar-refractivity contribution in [3.63, 3.8) is 0 Å². The fourth-order valence-corrected chi connectivity index (χ4v) is 2.07. The van der Waals surface area contributed by atoms with E-state index in [2.05, 4.69) is 4.74 Å². The maximum atomic E-state index is 11.5. The van der Waals surface area contributed by atoms with E-state index in [4.69, 9.17) is 4.74 Å². The van der Waals surface area contributed by atoms with Crippen molar-refractivity contribution in [3.05, 3.63) is 23.8 Å². The highest BCUT2D eigenvalue weighted by Gasteiger charge is 2.41. The molecule has 0 fully saturated rings. The lowest BCUT2D eigenvalue weighted by atomic mass is 10.0. The largest absolute Gasteiger partial charge is 0.478 e. The number of nitrogens with zero attached hydrogens (tertiary/aromatic N) is 1. The van der Waals surface area contributed by atoms with E-state index in [-0.39, 0.29) is 6.54 Å². The van der Waals surface area contributed by atoms with E-state index in [1.54, 1.807) is 30.1 Å². The highest BCUT2D eigenvalue weighted by atomic mass is 16.5. The van der Waals surface area contributed by atoms with E-state index in [1.165, 1.54) is 14.0 Å². The van der Waals surface area contributed by atoms with Gasteiger partial charge in [-0.05, 0) is 25.1 Å². The first kappa shape index (κ1) is 13.2. The molecule has 1 aromatic carbocycles. The van der Waals surface area contributed by atoms with Gasteiger partial charge in [0.15, 0.2) is 0 Å². The zero-order valence-corrected chi connectivity index (χ0v) is 11.0. The monoisotopic (exact) mass is 265 g/mol. The van der Waals surface area contributed by atoms with Crippen molar-refractivity contribution in [1.29, 1.82) is 0 Å². The fourth-order valence-electron chi connectivity index (χ4n) is 2.07. The van der Waals surface area contributed by atoms with Gasteiger partial charge in [-0.3, -0.25) is 0 Å². The molecule has 1 aromatic rings. The number of hydrogen-bond donors (Lipinski definition) is 1. The lowest BCUT2D eigenvalue weighted by Crippen LogP contribution is -2.53. The smallest absolute Gasteiger partial charge is 0.349 e.